The quantitative estimate of drug-likeness (QED) is 0.490. The molecule has 0 spiro atoms. The maximum atomic E-state index is 13.0. The molecule has 1 amide bonds. The highest BCUT2D eigenvalue weighted by molar-refractivity contribution is 5.76. The van der Waals surface area contributed by atoms with Crippen LogP contribution in [0.3, 0.4) is 0 Å². The zero-order valence-electron chi connectivity index (χ0n) is 15.8. The first-order valence-corrected chi connectivity index (χ1v) is 9.10. The van der Waals surface area contributed by atoms with Crippen molar-refractivity contribution in [2.75, 3.05) is 0 Å². The summed E-state index contributed by atoms with van der Waals surface area (Å²) in [5, 5.41) is 4.20. The summed E-state index contributed by atoms with van der Waals surface area (Å²) in [4.78, 5) is 23.3. The van der Waals surface area contributed by atoms with Gasteiger partial charge < -0.3 is 13.7 Å². The number of carbonyl (C=O) groups is 1. The topological polar surface area (TPSA) is 89.7 Å². The van der Waals surface area contributed by atoms with Crippen molar-refractivity contribution in [3.05, 3.63) is 71.6 Å². The Morgan fingerprint density at radius 3 is 2.39 bits per heavy atom. The van der Waals surface area contributed by atoms with Crippen molar-refractivity contribution in [2.45, 2.75) is 39.8 Å². The predicted molar refractivity (Wildman–Crippen MR) is 100 cm³/mol. The lowest BCUT2D eigenvalue weighted by Gasteiger charge is -2.21. The Bertz CT molecular complexity index is 1030. The predicted octanol–water partition coefficient (Wildman–Crippen LogP) is 3.09. The summed E-state index contributed by atoms with van der Waals surface area (Å²) in [6.45, 7) is 4.69. The summed E-state index contributed by atoms with van der Waals surface area (Å²) >= 11 is 0. The molecule has 0 saturated carbocycles. The highest BCUT2D eigenvalue weighted by Crippen LogP contribution is 2.17. The maximum Gasteiger partial charge on any atom is 0.252 e. The standard InChI is InChI=1S/C20H21N5O3/c1-14-18(15(2)25-20(23-14)21-13-22-25)7-8-19(26)24(11-16-5-3-9-27-16)12-17-6-4-10-28-17/h3-6,9-10,13H,7-8,11-12H2,1-2H3. The summed E-state index contributed by atoms with van der Waals surface area (Å²) in [6.07, 6.45) is 5.63. The number of aryl methyl sites for hydroxylation is 2. The monoisotopic (exact) mass is 379 g/mol. The molecule has 8 nitrogen and oxygen atoms in total. The maximum absolute atomic E-state index is 13.0. The molecule has 8 heteroatoms. The van der Waals surface area contributed by atoms with Gasteiger partial charge in [-0.2, -0.15) is 10.1 Å². The molecule has 4 aromatic heterocycles. The molecule has 0 saturated heterocycles. The van der Waals surface area contributed by atoms with Crippen LogP contribution in [0.1, 0.15) is 34.9 Å². The molecule has 0 aliphatic rings. The van der Waals surface area contributed by atoms with Crippen LogP contribution in [0.15, 0.2) is 52.0 Å². The van der Waals surface area contributed by atoms with Crippen LogP contribution in [0.2, 0.25) is 0 Å². The van der Waals surface area contributed by atoms with Gasteiger partial charge in [0, 0.05) is 17.8 Å². The Morgan fingerprint density at radius 2 is 1.79 bits per heavy atom. The molecule has 28 heavy (non-hydrogen) atoms. The van der Waals surface area contributed by atoms with E-state index in [1.807, 2.05) is 38.1 Å². The number of hydrogen-bond donors (Lipinski definition) is 0. The first-order valence-electron chi connectivity index (χ1n) is 9.10. The Hall–Kier alpha value is -3.42. The van der Waals surface area contributed by atoms with Crippen molar-refractivity contribution in [1.82, 2.24) is 24.5 Å². The van der Waals surface area contributed by atoms with Gasteiger partial charge in [-0.05, 0) is 50.1 Å². The molecule has 144 valence electrons. The minimum Gasteiger partial charge on any atom is -0.467 e. The van der Waals surface area contributed by atoms with Crippen molar-refractivity contribution >= 4 is 11.7 Å². The number of hydrogen-bond acceptors (Lipinski definition) is 6. The van der Waals surface area contributed by atoms with Crippen LogP contribution >= 0.6 is 0 Å². The molecule has 0 radical (unpaired) electrons. The van der Waals surface area contributed by atoms with Gasteiger partial charge in [0.1, 0.15) is 17.8 Å². The zero-order valence-corrected chi connectivity index (χ0v) is 15.8. The van der Waals surface area contributed by atoms with E-state index in [4.69, 9.17) is 8.83 Å². The lowest BCUT2D eigenvalue weighted by Crippen LogP contribution is -2.30. The minimum atomic E-state index is 0.0188. The summed E-state index contributed by atoms with van der Waals surface area (Å²) in [5.41, 5.74) is 2.84. The van der Waals surface area contributed by atoms with E-state index in [-0.39, 0.29) is 5.91 Å². The van der Waals surface area contributed by atoms with Gasteiger partial charge in [0.15, 0.2) is 0 Å². The Labute approximate surface area is 161 Å². The van der Waals surface area contributed by atoms with E-state index >= 15 is 0 Å². The summed E-state index contributed by atoms with van der Waals surface area (Å²) in [7, 11) is 0. The molecule has 4 rings (SSSR count). The largest absolute Gasteiger partial charge is 0.467 e. The van der Waals surface area contributed by atoms with Gasteiger partial charge in [0.05, 0.1) is 25.6 Å². The van der Waals surface area contributed by atoms with Gasteiger partial charge >= 0.3 is 0 Å². The summed E-state index contributed by atoms with van der Waals surface area (Å²) in [6, 6.07) is 7.35. The molecule has 0 atom stereocenters. The fraction of sp³-hybridized carbons (Fsp3) is 0.300. The summed E-state index contributed by atoms with van der Waals surface area (Å²) in [5.74, 6) is 2.06. The van der Waals surface area contributed by atoms with E-state index < -0.39 is 0 Å². The minimum absolute atomic E-state index is 0.0188. The van der Waals surface area contributed by atoms with Crippen molar-refractivity contribution in [1.29, 1.82) is 0 Å². The molecule has 0 unspecified atom stereocenters. The normalized spacial score (nSPS) is 11.2. The molecule has 0 aliphatic carbocycles. The number of carbonyl (C=O) groups excluding carboxylic acids is 1. The second-order valence-electron chi connectivity index (χ2n) is 6.64. The van der Waals surface area contributed by atoms with Crippen LogP contribution in [0.5, 0.6) is 0 Å². The molecule has 0 aromatic carbocycles. The third-order valence-corrected chi connectivity index (χ3v) is 4.78. The molecule has 0 bridgehead atoms. The number of fused-ring (bicyclic) bond motifs is 1. The Kier molecular flexibility index (Phi) is 4.92. The molecular weight excluding hydrogens is 358 g/mol. The highest BCUT2D eigenvalue weighted by atomic mass is 16.3. The van der Waals surface area contributed by atoms with Crippen LogP contribution in [0.4, 0.5) is 0 Å². The van der Waals surface area contributed by atoms with Crippen molar-refractivity contribution in [2.24, 2.45) is 0 Å². The molecule has 4 heterocycles. The molecule has 0 aliphatic heterocycles. The third kappa shape index (κ3) is 3.66. The number of rotatable bonds is 7. The van der Waals surface area contributed by atoms with Crippen LogP contribution in [0.25, 0.3) is 5.78 Å². The Balaban J connectivity index is 1.51. The number of furan rings is 2. The van der Waals surface area contributed by atoms with Gasteiger partial charge in [-0.25, -0.2) is 9.50 Å². The van der Waals surface area contributed by atoms with Gasteiger partial charge in [-0.15, -0.1) is 0 Å². The van der Waals surface area contributed by atoms with E-state index in [0.717, 1.165) is 28.5 Å². The van der Waals surface area contributed by atoms with Gasteiger partial charge in [0.25, 0.3) is 5.78 Å². The number of nitrogens with zero attached hydrogens (tertiary/aromatic N) is 5. The van der Waals surface area contributed by atoms with Crippen LogP contribution in [-0.4, -0.2) is 30.4 Å². The van der Waals surface area contributed by atoms with Gasteiger partial charge in [-0.3, -0.25) is 4.79 Å². The fourth-order valence-electron chi connectivity index (χ4n) is 3.32. The molecule has 0 N–H and O–H groups in total. The number of amides is 1. The highest BCUT2D eigenvalue weighted by Gasteiger charge is 2.19. The zero-order chi connectivity index (χ0) is 19.5. The molecule has 4 aromatic rings. The summed E-state index contributed by atoms with van der Waals surface area (Å²) < 4.78 is 12.5. The van der Waals surface area contributed by atoms with Crippen LogP contribution in [-0.2, 0) is 24.3 Å². The molecule has 0 fully saturated rings. The smallest absolute Gasteiger partial charge is 0.252 e. The van der Waals surface area contributed by atoms with E-state index in [2.05, 4.69) is 15.1 Å². The first-order chi connectivity index (χ1) is 13.6. The third-order valence-electron chi connectivity index (χ3n) is 4.78. The van der Waals surface area contributed by atoms with Crippen LogP contribution in [0, 0.1) is 13.8 Å². The van der Waals surface area contributed by atoms with E-state index in [0.29, 0.717) is 31.7 Å². The van der Waals surface area contributed by atoms with Gasteiger partial charge in [-0.1, -0.05) is 0 Å². The van der Waals surface area contributed by atoms with Crippen molar-refractivity contribution < 1.29 is 13.6 Å². The number of aromatic nitrogens is 4. The van der Waals surface area contributed by atoms with E-state index in [9.17, 15) is 4.79 Å². The van der Waals surface area contributed by atoms with E-state index in [1.165, 1.54) is 6.33 Å². The van der Waals surface area contributed by atoms with Gasteiger partial charge in [0.2, 0.25) is 5.91 Å². The molecular formula is C20H21N5O3. The van der Waals surface area contributed by atoms with E-state index in [1.54, 1.807) is 21.9 Å². The first kappa shape index (κ1) is 18.0. The average molecular weight is 379 g/mol. The Morgan fingerprint density at radius 1 is 1.11 bits per heavy atom. The SMILES string of the molecule is Cc1nc2ncnn2c(C)c1CCC(=O)N(Cc1ccco1)Cc1ccco1. The second-order valence-corrected chi connectivity index (χ2v) is 6.64. The van der Waals surface area contributed by atoms with Crippen molar-refractivity contribution in [3.63, 3.8) is 0 Å². The lowest BCUT2D eigenvalue weighted by molar-refractivity contribution is -0.133. The van der Waals surface area contributed by atoms with Crippen molar-refractivity contribution in [3.8, 4) is 0 Å². The second kappa shape index (κ2) is 7.67. The lowest BCUT2D eigenvalue weighted by atomic mass is 10.1. The van der Waals surface area contributed by atoms with Crippen LogP contribution < -0.4 is 0 Å². The average Bonchev–Trinajstić information content (AvgIpc) is 3.43. The fourth-order valence-corrected chi connectivity index (χ4v) is 3.32.